The topological polar surface area (TPSA) is 87.8 Å². The van der Waals surface area contributed by atoms with Crippen molar-refractivity contribution in [2.75, 3.05) is 5.32 Å². The van der Waals surface area contributed by atoms with Gasteiger partial charge in [-0.15, -0.1) is 0 Å². The lowest BCUT2D eigenvalue weighted by molar-refractivity contribution is 0.102. The summed E-state index contributed by atoms with van der Waals surface area (Å²) < 4.78 is 1.79. The van der Waals surface area contributed by atoms with Crippen LogP contribution in [0.15, 0.2) is 47.3 Å². The number of anilines is 1. The molecule has 0 radical (unpaired) electrons. The Balaban J connectivity index is 1.66. The molecule has 6 heteroatoms. The van der Waals surface area contributed by atoms with Crippen LogP contribution in [-0.2, 0) is 13.0 Å². The third-order valence-corrected chi connectivity index (χ3v) is 5.10. The summed E-state index contributed by atoms with van der Waals surface area (Å²) >= 11 is 0. The summed E-state index contributed by atoms with van der Waals surface area (Å²) in [5, 5.41) is 12.2. The van der Waals surface area contributed by atoms with Gasteiger partial charge in [0.1, 0.15) is 5.82 Å². The molecule has 3 aromatic rings. The Kier molecular flexibility index (Phi) is 4.90. The van der Waals surface area contributed by atoms with Crippen LogP contribution >= 0.6 is 0 Å². The number of aromatic nitrogens is 2. The van der Waals surface area contributed by atoms with E-state index in [1.807, 2.05) is 6.07 Å². The fourth-order valence-corrected chi connectivity index (χ4v) is 3.57. The van der Waals surface area contributed by atoms with Crippen molar-refractivity contribution in [1.82, 2.24) is 9.55 Å². The van der Waals surface area contributed by atoms with Gasteiger partial charge < -0.3 is 5.32 Å². The summed E-state index contributed by atoms with van der Waals surface area (Å²) in [6.07, 6.45) is 5.09. The number of nitrogens with one attached hydrogen (secondary N) is 1. The molecule has 1 aliphatic heterocycles. The number of amides is 1. The van der Waals surface area contributed by atoms with E-state index >= 15 is 0 Å². The van der Waals surface area contributed by atoms with E-state index in [4.69, 9.17) is 10.2 Å². The molecule has 0 atom stereocenters. The Labute approximate surface area is 162 Å². The van der Waals surface area contributed by atoms with Crippen molar-refractivity contribution in [3.05, 3.63) is 69.8 Å². The lowest BCUT2D eigenvalue weighted by atomic mass is 10.1. The van der Waals surface area contributed by atoms with Crippen molar-refractivity contribution < 1.29 is 4.79 Å². The van der Waals surface area contributed by atoms with Gasteiger partial charge in [-0.25, -0.2) is 4.98 Å². The van der Waals surface area contributed by atoms with Gasteiger partial charge in [0.2, 0.25) is 0 Å². The van der Waals surface area contributed by atoms with Crippen molar-refractivity contribution in [1.29, 1.82) is 5.26 Å². The Morgan fingerprint density at radius 1 is 1.07 bits per heavy atom. The quantitative estimate of drug-likeness (QED) is 0.744. The van der Waals surface area contributed by atoms with Gasteiger partial charge in [0.25, 0.3) is 11.5 Å². The highest BCUT2D eigenvalue weighted by Crippen LogP contribution is 2.17. The molecule has 2 heterocycles. The van der Waals surface area contributed by atoms with Crippen LogP contribution < -0.4 is 10.9 Å². The smallest absolute Gasteiger partial charge is 0.261 e. The molecule has 4 rings (SSSR count). The number of benzene rings is 2. The number of carbonyl (C=O) groups excluding carboxylic acids is 1. The van der Waals surface area contributed by atoms with E-state index in [-0.39, 0.29) is 11.5 Å². The van der Waals surface area contributed by atoms with Gasteiger partial charge in [-0.2, -0.15) is 5.26 Å². The van der Waals surface area contributed by atoms with E-state index in [9.17, 15) is 9.59 Å². The molecule has 6 nitrogen and oxygen atoms in total. The van der Waals surface area contributed by atoms with Gasteiger partial charge >= 0.3 is 0 Å². The molecule has 0 fully saturated rings. The van der Waals surface area contributed by atoms with Gasteiger partial charge in [-0.1, -0.05) is 12.8 Å². The highest BCUT2D eigenvalue weighted by atomic mass is 16.1. The van der Waals surface area contributed by atoms with Crippen molar-refractivity contribution in [3.63, 3.8) is 0 Å². The number of nitrogens with zero attached hydrogens (tertiary/aromatic N) is 3. The van der Waals surface area contributed by atoms with Crippen molar-refractivity contribution >= 4 is 22.5 Å². The Morgan fingerprint density at radius 3 is 2.64 bits per heavy atom. The average Bonchev–Trinajstić information content (AvgIpc) is 2.69. The van der Waals surface area contributed by atoms with Crippen molar-refractivity contribution in [3.8, 4) is 6.07 Å². The predicted octanol–water partition coefficient (Wildman–Crippen LogP) is 3.64. The SMILES string of the molecule is N#Cc1ccc(NC(=O)c2ccc3c(=O)n4c(nc3c2)CCCCCC4)cc1. The number of hydrogen-bond donors (Lipinski definition) is 1. The third kappa shape index (κ3) is 3.52. The number of aryl methyl sites for hydroxylation is 1. The second-order valence-electron chi connectivity index (χ2n) is 7.02. The van der Waals surface area contributed by atoms with E-state index in [1.165, 1.54) is 0 Å². The Bertz CT molecular complexity index is 1140. The summed E-state index contributed by atoms with van der Waals surface area (Å²) in [5.41, 5.74) is 2.12. The highest BCUT2D eigenvalue weighted by Gasteiger charge is 2.15. The summed E-state index contributed by atoms with van der Waals surface area (Å²) in [6.45, 7) is 0.706. The highest BCUT2D eigenvalue weighted by molar-refractivity contribution is 6.06. The molecule has 1 amide bonds. The van der Waals surface area contributed by atoms with Crippen LogP contribution in [-0.4, -0.2) is 15.5 Å². The first kappa shape index (κ1) is 17.9. The van der Waals surface area contributed by atoms with Crippen LogP contribution in [0.25, 0.3) is 10.9 Å². The number of nitriles is 1. The molecule has 0 bridgehead atoms. The second kappa shape index (κ2) is 7.65. The van der Waals surface area contributed by atoms with Crippen LogP contribution in [0.4, 0.5) is 5.69 Å². The minimum Gasteiger partial charge on any atom is -0.322 e. The average molecular weight is 372 g/mol. The minimum absolute atomic E-state index is 0.0269. The number of hydrogen-bond acceptors (Lipinski definition) is 4. The maximum absolute atomic E-state index is 12.9. The Hall–Kier alpha value is -3.46. The van der Waals surface area contributed by atoms with Gasteiger partial charge in [-0.3, -0.25) is 14.2 Å². The molecular formula is C22H20N4O2. The van der Waals surface area contributed by atoms with Crippen molar-refractivity contribution in [2.24, 2.45) is 0 Å². The van der Waals surface area contributed by atoms with Gasteiger partial charge in [0.05, 0.1) is 22.5 Å². The molecule has 140 valence electrons. The first-order valence-corrected chi connectivity index (χ1v) is 9.51. The van der Waals surface area contributed by atoms with Gasteiger partial charge in [-0.05, 0) is 55.3 Å². The fraction of sp³-hybridized carbons (Fsp3) is 0.273. The number of fused-ring (bicyclic) bond motifs is 2. The maximum atomic E-state index is 12.9. The summed E-state index contributed by atoms with van der Waals surface area (Å²) in [6, 6.07) is 13.7. The zero-order chi connectivity index (χ0) is 19.5. The molecule has 0 spiro atoms. The summed E-state index contributed by atoms with van der Waals surface area (Å²) in [4.78, 5) is 30.2. The van der Waals surface area contributed by atoms with Crippen LogP contribution in [0.2, 0.25) is 0 Å². The largest absolute Gasteiger partial charge is 0.322 e. The maximum Gasteiger partial charge on any atom is 0.261 e. The zero-order valence-corrected chi connectivity index (χ0v) is 15.4. The molecule has 28 heavy (non-hydrogen) atoms. The molecule has 1 aliphatic rings. The summed E-state index contributed by atoms with van der Waals surface area (Å²) in [7, 11) is 0. The van der Waals surface area contributed by atoms with Gasteiger partial charge in [0, 0.05) is 24.2 Å². The lowest BCUT2D eigenvalue weighted by Gasteiger charge is -2.16. The van der Waals surface area contributed by atoms with Crippen LogP contribution in [0.3, 0.4) is 0 Å². The molecule has 2 aromatic carbocycles. The van der Waals surface area contributed by atoms with E-state index in [0.717, 1.165) is 37.9 Å². The molecule has 0 saturated heterocycles. The monoisotopic (exact) mass is 372 g/mol. The predicted molar refractivity (Wildman–Crippen MR) is 107 cm³/mol. The van der Waals surface area contributed by atoms with E-state index in [2.05, 4.69) is 5.32 Å². The molecule has 0 unspecified atom stereocenters. The van der Waals surface area contributed by atoms with E-state index in [1.54, 1.807) is 47.0 Å². The van der Waals surface area contributed by atoms with E-state index in [0.29, 0.717) is 34.3 Å². The van der Waals surface area contributed by atoms with Crippen molar-refractivity contribution in [2.45, 2.75) is 38.6 Å². The van der Waals surface area contributed by atoms with Gasteiger partial charge in [0.15, 0.2) is 0 Å². The van der Waals surface area contributed by atoms with Crippen LogP contribution in [0.1, 0.15) is 47.4 Å². The van der Waals surface area contributed by atoms with Crippen LogP contribution in [0.5, 0.6) is 0 Å². The zero-order valence-electron chi connectivity index (χ0n) is 15.4. The first-order valence-electron chi connectivity index (χ1n) is 9.51. The number of rotatable bonds is 2. The summed E-state index contributed by atoms with van der Waals surface area (Å²) in [5.74, 6) is 0.530. The van der Waals surface area contributed by atoms with Crippen LogP contribution in [0, 0.1) is 11.3 Å². The minimum atomic E-state index is -0.278. The Morgan fingerprint density at radius 2 is 1.86 bits per heavy atom. The van der Waals surface area contributed by atoms with E-state index < -0.39 is 0 Å². The molecule has 0 aliphatic carbocycles. The molecule has 1 N–H and O–H groups in total. The first-order chi connectivity index (χ1) is 13.7. The normalized spacial score (nSPS) is 13.8. The lowest BCUT2D eigenvalue weighted by Crippen LogP contribution is -2.26. The molecule has 1 aromatic heterocycles. The second-order valence-corrected chi connectivity index (χ2v) is 7.02. The molecule has 0 saturated carbocycles. The fourth-order valence-electron chi connectivity index (χ4n) is 3.57. The number of carbonyl (C=O) groups is 1. The third-order valence-electron chi connectivity index (χ3n) is 5.10. The standard InChI is InChI=1S/C22H20N4O2/c23-14-15-6-9-17(10-7-15)24-21(27)16-8-11-18-19(13-16)25-20-5-3-1-2-4-12-26(20)22(18)28/h6-11,13H,1-5,12H2,(H,24,27). The molecular weight excluding hydrogens is 352 g/mol.